The predicted octanol–water partition coefficient (Wildman–Crippen LogP) is -0.676. The first kappa shape index (κ1) is 8.68. The summed E-state index contributed by atoms with van der Waals surface area (Å²) in [4.78, 5) is 19.0. The van der Waals surface area contributed by atoms with Gasteiger partial charge in [0.2, 0.25) is 0 Å². The fourth-order valence-electron chi connectivity index (χ4n) is 1.21. The van der Waals surface area contributed by atoms with E-state index < -0.39 is 12.1 Å². The molecule has 0 aromatic carbocycles. The number of oxime groups is 1. The maximum Gasteiger partial charge on any atom is 0.172 e. The lowest BCUT2D eigenvalue weighted by atomic mass is 10.1. The van der Waals surface area contributed by atoms with Crippen molar-refractivity contribution in [1.82, 2.24) is 4.98 Å². The number of aromatic nitrogens is 1. The normalized spacial score (nSPS) is 20.0. The van der Waals surface area contributed by atoms with E-state index in [1.54, 1.807) is 24.5 Å². The first-order valence-corrected chi connectivity index (χ1v) is 4.11. The summed E-state index contributed by atoms with van der Waals surface area (Å²) in [5.74, 6) is -1.24. The third-order valence-corrected chi connectivity index (χ3v) is 1.93. The summed E-state index contributed by atoms with van der Waals surface area (Å²) in [5, 5.41) is 14.1. The van der Waals surface area contributed by atoms with Gasteiger partial charge < -0.3 is 14.7 Å². The maximum absolute atomic E-state index is 10.5. The Morgan fingerprint density at radius 1 is 1.64 bits per heavy atom. The number of carbonyl (C=O) groups excluding carboxylic acids is 1. The van der Waals surface area contributed by atoms with Gasteiger partial charge in [0.15, 0.2) is 6.10 Å². The van der Waals surface area contributed by atoms with Crippen LogP contribution in [0.2, 0.25) is 0 Å². The van der Waals surface area contributed by atoms with Crippen LogP contribution in [0.15, 0.2) is 29.7 Å². The van der Waals surface area contributed by atoms with Crippen molar-refractivity contribution in [3.8, 4) is 0 Å². The Kier molecular flexibility index (Phi) is 2.14. The van der Waals surface area contributed by atoms with Crippen molar-refractivity contribution in [2.45, 2.75) is 12.5 Å². The molecule has 0 fully saturated rings. The summed E-state index contributed by atoms with van der Waals surface area (Å²) in [7, 11) is 0. The molecule has 0 bridgehead atoms. The van der Waals surface area contributed by atoms with Gasteiger partial charge in [-0.2, -0.15) is 0 Å². The van der Waals surface area contributed by atoms with Gasteiger partial charge >= 0.3 is 0 Å². The van der Waals surface area contributed by atoms with Crippen LogP contribution in [-0.4, -0.2) is 22.8 Å². The van der Waals surface area contributed by atoms with Gasteiger partial charge in [0, 0.05) is 24.4 Å². The van der Waals surface area contributed by atoms with E-state index in [9.17, 15) is 9.90 Å². The smallest absolute Gasteiger partial charge is 0.172 e. The Hall–Kier alpha value is -1.91. The number of carboxylic acids is 1. The molecule has 0 N–H and O–H groups in total. The van der Waals surface area contributed by atoms with Crippen LogP contribution in [0.3, 0.4) is 0 Å². The molecule has 72 valence electrons. The van der Waals surface area contributed by atoms with E-state index in [1.165, 1.54) is 0 Å². The Labute approximate surface area is 80.0 Å². The highest BCUT2D eigenvalue weighted by Gasteiger charge is 2.22. The SMILES string of the molecule is O=C([O-])[C@H]1CC(c2cccnc2)=NO1. The van der Waals surface area contributed by atoms with Crippen molar-refractivity contribution in [3.63, 3.8) is 0 Å². The van der Waals surface area contributed by atoms with E-state index >= 15 is 0 Å². The molecular formula is C9H7N2O3-. The summed E-state index contributed by atoms with van der Waals surface area (Å²) in [6.07, 6.45) is 2.51. The summed E-state index contributed by atoms with van der Waals surface area (Å²) in [5.41, 5.74) is 1.36. The lowest BCUT2D eigenvalue weighted by Crippen LogP contribution is -2.35. The van der Waals surface area contributed by atoms with Crippen molar-refractivity contribution >= 4 is 11.7 Å². The van der Waals surface area contributed by atoms with Gasteiger partial charge in [-0.3, -0.25) is 4.98 Å². The number of pyridine rings is 1. The third kappa shape index (κ3) is 1.56. The van der Waals surface area contributed by atoms with Crippen LogP contribution in [-0.2, 0) is 9.63 Å². The van der Waals surface area contributed by atoms with Crippen LogP contribution in [0.4, 0.5) is 0 Å². The van der Waals surface area contributed by atoms with Crippen molar-refractivity contribution in [2.75, 3.05) is 0 Å². The van der Waals surface area contributed by atoms with E-state index in [0.717, 1.165) is 5.56 Å². The molecule has 1 aromatic heterocycles. The molecule has 2 heterocycles. The highest BCUT2D eigenvalue weighted by Crippen LogP contribution is 2.15. The summed E-state index contributed by atoms with van der Waals surface area (Å²) >= 11 is 0. The molecule has 1 atom stereocenters. The quantitative estimate of drug-likeness (QED) is 0.621. The van der Waals surface area contributed by atoms with Gasteiger partial charge in [-0.05, 0) is 12.1 Å². The lowest BCUT2D eigenvalue weighted by molar-refractivity contribution is -0.315. The zero-order valence-corrected chi connectivity index (χ0v) is 7.21. The second-order valence-corrected chi connectivity index (χ2v) is 2.90. The Balaban J connectivity index is 2.13. The topological polar surface area (TPSA) is 74.6 Å². The maximum atomic E-state index is 10.5. The molecule has 0 radical (unpaired) electrons. The molecule has 1 aromatic rings. The average Bonchev–Trinajstić information content (AvgIpc) is 2.68. The number of rotatable bonds is 2. The lowest BCUT2D eigenvalue weighted by Gasteiger charge is -2.07. The van der Waals surface area contributed by atoms with Crippen LogP contribution < -0.4 is 5.11 Å². The van der Waals surface area contributed by atoms with Gasteiger partial charge in [-0.15, -0.1) is 0 Å². The van der Waals surface area contributed by atoms with Crippen LogP contribution in [0.5, 0.6) is 0 Å². The number of carbonyl (C=O) groups is 1. The fraction of sp³-hybridized carbons (Fsp3) is 0.222. The molecule has 0 aliphatic carbocycles. The Bertz CT molecular complexity index is 375. The summed E-state index contributed by atoms with van der Waals surface area (Å²) in [6.45, 7) is 0. The van der Waals surface area contributed by atoms with Crippen molar-refractivity contribution < 1.29 is 14.7 Å². The molecule has 0 saturated carbocycles. The molecule has 1 aliphatic heterocycles. The Morgan fingerprint density at radius 2 is 2.50 bits per heavy atom. The minimum absolute atomic E-state index is 0.230. The zero-order chi connectivity index (χ0) is 9.97. The largest absolute Gasteiger partial charge is 0.546 e. The van der Waals surface area contributed by atoms with Crippen molar-refractivity contribution in [1.29, 1.82) is 0 Å². The average molecular weight is 191 g/mol. The first-order valence-electron chi connectivity index (χ1n) is 4.11. The Morgan fingerprint density at radius 3 is 3.07 bits per heavy atom. The number of carboxylic acid groups (broad SMARTS) is 1. The third-order valence-electron chi connectivity index (χ3n) is 1.93. The molecule has 1 aliphatic rings. The van der Waals surface area contributed by atoms with Crippen molar-refractivity contribution in [3.05, 3.63) is 30.1 Å². The summed E-state index contributed by atoms with van der Waals surface area (Å²) < 4.78 is 0. The minimum atomic E-state index is -1.24. The van der Waals surface area contributed by atoms with E-state index in [4.69, 9.17) is 0 Å². The molecular weight excluding hydrogens is 184 g/mol. The van der Waals surface area contributed by atoms with E-state index in [2.05, 4.69) is 15.0 Å². The van der Waals surface area contributed by atoms with E-state index in [-0.39, 0.29) is 6.42 Å². The van der Waals surface area contributed by atoms with Crippen LogP contribution in [0.1, 0.15) is 12.0 Å². The minimum Gasteiger partial charge on any atom is -0.546 e. The number of hydrogen-bond acceptors (Lipinski definition) is 5. The highest BCUT2D eigenvalue weighted by atomic mass is 16.7. The van der Waals surface area contributed by atoms with Gasteiger partial charge in [-0.1, -0.05) is 5.16 Å². The van der Waals surface area contributed by atoms with Crippen LogP contribution in [0, 0.1) is 0 Å². The van der Waals surface area contributed by atoms with E-state index in [1.807, 2.05) is 0 Å². The van der Waals surface area contributed by atoms with Gasteiger partial charge in [-0.25, -0.2) is 0 Å². The van der Waals surface area contributed by atoms with Gasteiger partial charge in [0.1, 0.15) is 0 Å². The monoisotopic (exact) mass is 191 g/mol. The number of aliphatic carboxylic acids is 1. The van der Waals surface area contributed by atoms with Crippen molar-refractivity contribution in [2.24, 2.45) is 5.16 Å². The fourth-order valence-corrected chi connectivity index (χ4v) is 1.21. The molecule has 0 amide bonds. The number of nitrogens with zero attached hydrogens (tertiary/aromatic N) is 2. The molecule has 5 nitrogen and oxygen atoms in total. The molecule has 0 saturated heterocycles. The molecule has 5 heteroatoms. The second-order valence-electron chi connectivity index (χ2n) is 2.90. The predicted molar refractivity (Wildman–Crippen MR) is 45.3 cm³/mol. The highest BCUT2D eigenvalue weighted by molar-refractivity contribution is 6.02. The van der Waals surface area contributed by atoms with E-state index in [0.29, 0.717) is 5.71 Å². The standard InChI is InChI=1S/C9H8N2O3/c12-9(13)8-4-7(11-14-8)6-2-1-3-10-5-6/h1-3,5,8H,4H2,(H,12,13)/p-1/t8-/m1/s1. The van der Waals surface area contributed by atoms with Crippen LogP contribution >= 0.6 is 0 Å². The second kappa shape index (κ2) is 3.45. The number of hydrogen-bond donors (Lipinski definition) is 0. The van der Waals surface area contributed by atoms with Crippen LogP contribution in [0.25, 0.3) is 0 Å². The molecule has 0 spiro atoms. The van der Waals surface area contributed by atoms with Gasteiger partial charge in [0.05, 0.1) is 11.7 Å². The molecule has 2 rings (SSSR count). The first-order chi connectivity index (χ1) is 6.77. The summed E-state index contributed by atoms with van der Waals surface area (Å²) in [6, 6.07) is 3.55. The molecule has 14 heavy (non-hydrogen) atoms. The molecule has 0 unspecified atom stereocenters. The zero-order valence-electron chi connectivity index (χ0n) is 7.21. The van der Waals surface area contributed by atoms with Gasteiger partial charge in [0.25, 0.3) is 0 Å².